The first-order valence-corrected chi connectivity index (χ1v) is 4.77. The molecule has 0 aliphatic carbocycles. The fourth-order valence-corrected chi connectivity index (χ4v) is 1.06. The number of nitrogens with one attached hydrogen (secondary N) is 1. The van der Waals surface area contributed by atoms with Crippen molar-refractivity contribution in [2.75, 3.05) is 0 Å². The molecule has 0 spiro atoms. The Morgan fingerprint density at radius 2 is 2.20 bits per heavy atom. The second-order valence-electron chi connectivity index (χ2n) is 2.55. The normalized spacial score (nSPS) is 10.9. The molecule has 1 aromatic rings. The van der Waals surface area contributed by atoms with E-state index in [2.05, 4.69) is 0 Å². The van der Waals surface area contributed by atoms with Gasteiger partial charge in [0, 0.05) is 5.56 Å². The van der Waals surface area contributed by atoms with Gasteiger partial charge in [0.1, 0.15) is 5.75 Å². The van der Waals surface area contributed by atoms with Crippen LogP contribution >= 0.6 is 23.2 Å². The van der Waals surface area contributed by atoms with Gasteiger partial charge in [0.15, 0.2) is 0 Å². The zero-order chi connectivity index (χ0) is 11.3. The zero-order valence-corrected chi connectivity index (χ0v) is 9.05. The number of carbonyl (C=O) groups is 1. The molecule has 1 aromatic carbocycles. The third-order valence-electron chi connectivity index (χ3n) is 1.55. The predicted molar refractivity (Wildman–Crippen MR) is 60.0 cm³/mol. The summed E-state index contributed by atoms with van der Waals surface area (Å²) in [5.74, 6) is -0.00368. The van der Waals surface area contributed by atoms with E-state index in [0.29, 0.717) is 11.3 Å². The van der Waals surface area contributed by atoms with Crippen LogP contribution in [0.25, 0.3) is 0 Å². The number of ether oxygens (including phenoxy) is 1. The molecular weight excluding hydrogens is 237 g/mol. The van der Waals surface area contributed by atoms with Gasteiger partial charge in [-0.3, -0.25) is 4.79 Å². The lowest BCUT2D eigenvalue weighted by molar-refractivity contribution is 0.107. The number of hydrogen-bond acceptors (Lipinski definition) is 3. The van der Waals surface area contributed by atoms with E-state index in [0.717, 1.165) is 11.7 Å². The van der Waals surface area contributed by atoms with Crippen molar-refractivity contribution in [3.05, 3.63) is 40.6 Å². The van der Waals surface area contributed by atoms with Crippen LogP contribution in [0.15, 0.2) is 35.0 Å². The molecule has 0 fully saturated rings. The maximum Gasteiger partial charge on any atom is 0.205 e. The maximum absolute atomic E-state index is 11.1. The molecule has 0 saturated carbocycles. The van der Waals surface area contributed by atoms with Gasteiger partial charge in [-0.05, 0) is 23.7 Å². The summed E-state index contributed by atoms with van der Waals surface area (Å²) in [5.41, 5.74) is 1.44. The van der Waals surface area contributed by atoms with E-state index in [4.69, 9.17) is 33.3 Å². The van der Waals surface area contributed by atoms with E-state index in [9.17, 15) is 4.79 Å². The highest BCUT2D eigenvalue weighted by molar-refractivity contribution is 6.35. The monoisotopic (exact) mass is 243 g/mol. The smallest absolute Gasteiger partial charge is 0.205 e. The van der Waals surface area contributed by atoms with Gasteiger partial charge in [-0.25, -0.2) is 0 Å². The fourth-order valence-electron chi connectivity index (χ4n) is 0.931. The number of carbonyl (C=O) groups excluding carboxylic acids is 1. The highest BCUT2D eigenvalue weighted by Crippen LogP contribution is 2.18. The lowest BCUT2D eigenvalue weighted by Gasteiger charge is -2.03. The second kappa shape index (κ2) is 5.53. The highest BCUT2D eigenvalue weighted by atomic mass is 35.5. The molecule has 0 saturated heterocycles. The van der Waals surface area contributed by atoms with Crippen LogP contribution in [0.5, 0.6) is 5.75 Å². The van der Waals surface area contributed by atoms with Gasteiger partial charge in [0.2, 0.25) is 11.0 Å². The minimum Gasteiger partial charge on any atom is -0.444 e. The quantitative estimate of drug-likeness (QED) is 0.502. The SMILES string of the molecule is N=CC(=O)c1cccc(OC(Cl)=CCl)c1. The number of Topliss-reactive ketones (excluding diaryl/α,β-unsaturated/α-hetero) is 1. The van der Waals surface area contributed by atoms with Crippen LogP contribution in [0.3, 0.4) is 0 Å². The van der Waals surface area contributed by atoms with E-state index < -0.39 is 5.78 Å². The van der Waals surface area contributed by atoms with Gasteiger partial charge in [-0.2, -0.15) is 0 Å². The average molecular weight is 244 g/mol. The molecule has 78 valence electrons. The van der Waals surface area contributed by atoms with E-state index >= 15 is 0 Å². The van der Waals surface area contributed by atoms with Crippen LogP contribution < -0.4 is 4.74 Å². The van der Waals surface area contributed by atoms with Gasteiger partial charge in [0.25, 0.3) is 0 Å². The molecule has 0 radical (unpaired) electrons. The summed E-state index contributed by atoms with van der Waals surface area (Å²) in [6.07, 6.45) is 0.734. The molecule has 15 heavy (non-hydrogen) atoms. The molecule has 3 nitrogen and oxygen atoms in total. The summed E-state index contributed by atoms with van der Waals surface area (Å²) in [7, 11) is 0. The first-order valence-electron chi connectivity index (χ1n) is 3.96. The Morgan fingerprint density at radius 3 is 2.80 bits per heavy atom. The van der Waals surface area contributed by atoms with E-state index in [-0.39, 0.29) is 5.22 Å². The minimum atomic E-state index is -0.397. The Kier molecular flexibility index (Phi) is 4.34. The summed E-state index contributed by atoms with van der Waals surface area (Å²) < 4.78 is 5.07. The number of rotatable bonds is 4. The van der Waals surface area contributed by atoms with E-state index in [1.807, 2.05) is 0 Å². The largest absolute Gasteiger partial charge is 0.444 e. The summed E-state index contributed by atoms with van der Waals surface area (Å²) in [6, 6.07) is 6.32. The molecule has 0 bridgehead atoms. The number of hydrogen-bond donors (Lipinski definition) is 1. The summed E-state index contributed by atoms with van der Waals surface area (Å²) >= 11 is 10.9. The van der Waals surface area contributed by atoms with Crippen molar-refractivity contribution in [3.8, 4) is 5.75 Å². The van der Waals surface area contributed by atoms with Crippen molar-refractivity contribution >= 4 is 35.2 Å². The Balaban J connectivity index is 2.92. The molecular formula is C10H7Cl2NO2. The first kappa shape index (κ1) is 11.8. The topological polar surface area (TPSA) is 50.2 Å². The molecule has 0 amide bonds. The molecule has 0 aliphatic rings. The average Bonchev–Trinajstić information content (AvgIpc) is 2.28. The highest BCUT2D eigenvalue weighted by Gasteiger charge is 2.04. The summed E-state index contributed by atoms with van der Waals surface area (Å²) in [6.45, 7) is 0. The molecule has 0 aliphatic heterocycles. The van der Waals surface area contributed by atoms with Crippen molar-refractivity contribution in [1.82, 2.24) is 0 Å². The van der Waals surface area contributed by atoms with E-state index in [1.165, 1.54) is 6.07 Å². The van der Waals surface area contributed by atoms with Gasteiger partial charge >= 0.3 is 0 Å². The van der Waals surface area contributed by atoms with Gasteiger partial charge in [-0.15, -0.1) is 0 Å². The van der Waals surface area contributed by atoms with Crippen molar-refractivity contribution in [2.45, 2.75) is 0 Å². The van der Waals surface area contributed by atoms with Gasteiger partial charge < -0.3 is 10.1 Å². The first-order chi connectivity index (χ1) is 7.17. The van der Waals surface area contributed by atoms with Gasteiger partial charge in [-0.1, -0.05) is 23.7 Å². The molecule has 5 heteroatoms. The predicted octanol–water partition coefficient (Wildman–Crippen LogP) is 3.17. The maximum atomic E-state index is 11.1. The van der Waals surface area contributed by atoms with Crippen LogP contribution in [0.1, 0.15) is 10.4 Å². The number of halogens is 2. The summed E-state index contributed by atoms with van der Waals surface area (Å²) in [4.78, 5) is 11.1. The van der Waals surface area contributed by atoms with E-state index in [1.54, 1.807) is 18.2 Å². The van der Waals surface area contributed by atoms with Crippen molar-refractivity contribution in [3.63, 3.8) is 0 Å². The minimum absolute atomic E-state index is 0.0103. The lowest BCUT2D eigenvalue weighted by atomic mass is 10.1. The second-order valence-corrected chi connectivity index (χ2v) is 3.14. The van der Waals surface area contributed by atoms with Crippen molar-refractivity contribution in [1.29, 1.82) is 5.41 Å². The lowest BCUT2D eigenvalue weighted by Crippen LogP contribution is -1.99. The standard InChI is InChI=1S/C10H7Cl2NO2/c11-5-10(12)15-8-3-1-2-7(4-8)9(14)6-13/h1-6,13H. The summed E-state index contributed by atoms with van der Waals surface area (Å²) in [5, 5.41) is 6.83. The number of benzene rings is 1. The van der Waals surface area contributed by atoms with Crippen LogP contribution in [0.2, 0.25) is 0 Å². The Bertz CT molecular complexity index is 416. The fraction of sp³-hybridized carbons (Fsp3) is 0. The van der Waals surface area contributed by atoms with Crippen LogP contribution in [-0.2, 0) is 0 Å². The Morgan fingerprint density at radius 1 is 1.47 bits per heavy atom. The Hall–Kier alpha value is -1.32. The Labute approximate surface area is 96.8 Å². The molecule has 0 aromatic heterocycles. The van der Waals surface area contributed by atoms with Crippen molar-refractivity contribution in [2.24, 2.45) is 0 Å². The molecule has 1 N–H and O–H groups in total. The number of ketones is 1. The molecule has 1 rings (SSSR count). The van der Waals surface area contributed by atoms with Crippen molar-refractivity contribution < 1.29 is 9.53 Å². The van der Waals surface area contributed by atoms with Crippen LogP contribution in [0, 0.1) is 5.41 Å². The third-order valence-corrected chi connectivity index (χ3v) is 2.05. The van der Waals surface area contributed by atoms with Crippen LogP contribution in [0.4, 0.5) is 0 Å². The molecule has 0 heterocycles. The molecule has 0 atom stereocenters. The molecule has 0 unspecified atom stereocenters. The van der Waals surface area contributed by atoms with Crippen LogP contribution in [-0.4, -0.2) is 12.0 Å². The zero-order valence-electron chi connectivity index (χ0n) is 7.54. The third kappa shape index (κ3) is 3.38. The van der Waals surface area contributed by atoms with Gasteiger partial charge in [0.05, 0.1) is 11.7 Å².